The monoisotopic (exact) mass is 352 g/mol. The predicted octanol–water partition coefficient (Wildman–Crippen LogP) is 3.50. The van der Waals surface area contributed by atoms with E-state index in [4.69, 9.17) is 10.5 Å². The quantitative estimate of drug-likeness (QED) is 0.615. The predicted molar refractivity (Wildman–Crippen MR) is 100 cm³/mol. The third-order valence-electron chi connectivity index (χ3n) is 3.31. The van der Waals surface area contributed by atoms with Gasteiger partial charge in [0.1, 0.15) is 11.5 Å². The summed E-state index contributed by atoms with van der Waals surface area (Å²) in [5.41, 5.74) is 7.95. The molecule has 0 spiro atoms. The number of halogens is 1. The Morgan fingerprint density at radius 1 is 1.17 bits per heavy atom. The third-order valence-corrected chi connectivity index (χ3v) is 3.31. The van der Waals surface area contributed by atoms with Crippen molar-refractivity contribution in [2.24, 2.45) is 0 Å². The molecule has 0 aliphatic carbocycles. The molecule has 0 heterocycles. The highest BCUT2D eigenvalue weighted by Crippen LogP contribution is 2.27. The van der Waals surface area contributed by atoms with Gasteiger partial charge in [0, 0.05) is 12.2 Å². The van der Waals surface area contributed by atoms with E-state index in [1.54, 1.807) is 18.2 Å². The van der Waals surface area contributed by atoms with Crippen LogP contribution < -0.4 is 15.8 Å². The number of benzene rings is 2. The molecule has 0 unspecified atom stereocenters. The molecule has 0 radical (unpaired) electrons. The van der Waals surface area contributed by atoms with Crippen molar-refractivity contribution in [3.8, 4) is 11.5 Å². The smallest absolute Gasteiger partial charge is 0.255 e. The minimum Gasteiger partial charge on any atom is -0.457 e. The summed E-state index contributed by atoms with van der Waals surface area (Å²) in [7, 11) is 0. The Morgan fingerprint density at radius 2 is 1.83 bits per heavy atom. The number of nitrogen functional groups attached to an aromatic ring is 1. The normalized spacial score (nSPS) is 9.42. The Hall–Kier alpha value is -2.24. The number of carbonyl (C=O) groups is 1. The first-order valence-electron chi connectivity index (χ1n) is 7.52. The molecule has 0 atom stereocenters. The van der Waals surface area contributed by atoms with Gasteiger partial charge in [0.2, 0.25) is 0 Å². The van der Waals surface area contributed by atoms with Gasteiger partial charge >= 0.3 is 0 Å². The van der Waals surface area contributed by atoms with E-state index in [-0.39, 0.29) is 23.8 Å². The summed E-state index contributed by atoms with van der Waals surface area (Å²) < 4.78 is 5.83. The van der Waals surface area contributed by atoms with Crippen LogP contribution in [0.25, 0.3) is 0 Å². The number of anilines is 1. The zero-order valence-electron chi connectivity index (χ0n) is 14.0. The van der Waals surface area contributed by atoms with E-state index in [0.29, 0.717) is 29.3 Å². The molecule has 6 heteroatoms. The summed E-state index contributed by atoms with van der Waals surface area (Å²) in [6.07, 6.45) is 1.98. The molecule has 0 saturated heterocycles. The molecular formula is C18H25ClN2O3. The molecular weight excluding hydrogens is 328 g/mol. The molecule has 132 valence electrons. The number of amides is 1. The van der Waals surface area contributed by atoms with Crippen molar-refractivity contribution < 1.29 is 15.0 Å². The molecule has 2 aromatic rings. The maximum atomic E-state index is 12.3. The minimum absolute atomic E-state index is 0. The third kappa shape index (κ3) is 6.10. The van der Waals surface area contributed by atoms with Crippen molar-refractivity contribution in [2.75, 3.05) is 12.3 Å². The number of aryl methyl sites for hydroxylation is 1. The van der Waals surface area contributed by atoms with Crippen molar-refractivity contribution in [2.45, 2.75) is 26.7 Å². The number of carbonyl (C=O) groups excluding carboxylic acids is 1. The van der Waals surface area contributed by atoms with E-state index < -0.39 is 0 Å². The average molecular weight is 353 g/mol. The average Bonchev–Trinajstić information content (AvgIpc) is 2.51. The van der Waals surface area contributed by atoms with E-state index in [2.05, 4.69) is 12.2 Å². The van der Waals surface area contributed by atoms with Gasteiger partial charge in [-0.15, -0.1) is 12.4 Å². The molecule has 2 aromatic carbocycles. The SMILES string of the molecule is CCCCNC(=O)c1cc(N)ccc1Oc1ccc(C)cc1.Cl.O. The van der Waals surface area contributed by atoms with Gasteiger partial charge in [-0.05, 0) is 43.7 Å². The minimum atomic E-state index is -0.164. The van der Waals surface area contributed by atoms with Crippen LogP contribution in [0.3, 0.4) is 0 Å². The Bertz CT molecular complexity index is 645. The fourth-order valence-corrected chi connectivity index (χ4v) is 2.02. The van der Waals surface area contributed by atoms with Crippen LogP contribution in [0, 0.1) is 6.92 Å². The second-order valence-electron chi connectivity index (χ2n) is 5.28. The fourth-order valence-electron chi connectivity index (χ4n) is 2.02. The summed E-state index contributed by atoms with van der Waals surface area (Å²) >= 11 is 0. The molecule has 0 aliphatic heterocycles. The lowest BCUT2D eigenvalue weighted by molar-refractivity contribution is 0.0951. The van der Waals surface area contributed by atoms with Crippen molar-refractivity contribution >= 4 is 24.0 Å². The van der Waals surface area contributed by atoms with Gasteiger partial charge in [-0.25, -0.2) is 0 Å². The number of hydrogen-bond donors (Lipinski definition) is 2. The van der Waals surface area contributed by atoms with E-state index in [0.717, 1.165) is 18.4 Å². The lowest BCUT2D eigenvalue weighted by Gasteiger charge is -2.12. The molecule has 0 aliphatic rings. The Kier molecular flexibility index (Phi) is 9.54. The fraction of sp³-hybridized carbons (Fsp3) is 0.278. The molecule has 0 bridgehead atoms. The standard InChI is InChI=1S/C18H22N2O2.ClH.H2O/c1-3-4-11-20-18(21)16-12-14(19)7-10-17(16)22-15-8-5-13(2)6-9-15;;/h5-10,12H,3-4,11,19H2,1-2H3,(H,20,21);1H;1H2. The van der Waals surface area contributed by atoms with Crippen LogP contribution in [0.4, 0.5) is 5.69 Å². The van der Waals surface area contributed by atoms with Crippen LogP contribution in [0.2, 0.25) is 0 Å². The first-order chi connectivity index (χ1) is 10.6. The van der Waals surface area contributed by atoms with Crippen LogP contribution in [0.1, 0.15) is 35.7 Å². The first kappa shape index (κ1) is 21.8. The van der Waals surface area contributed by atoms with Gasteiger partial charge in [0.25, 0.3) is 5.91 Å². The van der Waals surface area contributed by atoms with Crippen molar-refractivity contribution in [1.29, 1.82) is 0 Å². The molecule has 2 rings (SSSR count). The summed E-state index contributed by atoms with van der Waals surface area (Å²) in [6, 6.07) is 12.8. The van der Waals surface area contributed by atoms with Crippen LogP contribution in [-0.2, 0) is 0 Å². The first-order valence-corrected chi connectivity index (χ1v) is 7.52. The Morgan fingerprint density at radius 3 is 2.46 bits per heavy atom. The van der Waals surface area contributed by atoms with Gasteiger partial charge < -0.3 is 21.3 Å². The zero-order valence-corrected chi connectivity index (χ0v) is 14.8. The molecule has 5 nitrogen and oxygen atoms in total. The van der Waals surface area contributed by atoms with E-state index in [1.165, 1.54) is 0 Å². The summed E-state index contributed by atoms with van der Waals surface area (Å²) in [5, 5.41) is 2.89. The van der Waals surface area contributed by atoms with Crippen LogP contribution in [0.15, 0.2) is 42.5 Å². The largest absolute Gasteiger partial charge is 0.457 e. The second-order valence-corrected chi connectivity index (χ2v) is 5.28. The molecule has 0 fully saturated rings. The Labute approximate surface area is 148 Å². The van der Waals surface area contributed by atoms with Crippen LogP contribution >= 0.6 is 12.4 Å². The van der Waals surface area contributed by atoms with Gasteiger partial charge in [0.05, 0.1) is 5.56 Å². The zero-order chi connectivity index (χ0) is 15.9. The maximum absolute atomic E-state index is 12.3. The van der Waals surface area contributed by atoms with Gasteiger partial charge in [0.15, 0.2) is 0 Å². The molecule has 1 amide bonds. The number of unbranched alkanes of at least 4 members (excludes halogenated alkanes) is 1. The number of ether oxygens (including phenoxy) is 1. The number of hydrogen-bond acceptors (Lipinski definition) is 3. The van der Waals surface area contributed by atoms with Crippen LogP contribution in [-0.4, -0.2) is 17.9 Å². The van der Waals surface area contributed by atoms with Crippen molar-refractivity contribution in [1.82, 2.24) is 5.32 Å². The molecule has 5 N–H and O–H groups in total. The second kappa shape index (κ2) is 10.5. The maximum Gasteiger partial charge on any atom is 0.255 e. The highest BCUT2D eigenvalue weighted by molar-refractivity contribution is 5.97. The summed E-state index contributed by atoms with van der Waals surface area (Å²) in [6.45, 7) is 4.74. The van der Waals surface area contributed by atoms with Crippen molar-refractivity contribution in [3.05, 3.63) is 53.6 Å². The number of nitrogens with two attached hydrogens (primary N) is 1. The lowest BCUT2D eigenvalue weighted by Crippen LogP contribution is -2.24. The topological polar surface area (TPSA) is 95.9 Å². The lowest BCUT2D eigenvalue weighted by atomic mass is 10.1. The molecule has 0 aromatic heterocycles. The van der Waals surface area contributed by atoms with E-state index >= 15 is 0 Å². The van der Waals surface area contributed by atoms with Crippen LogP contribution in [0.5, 0.6) is 11.5 Å². The van der Waals surface area contributed by atoms with Gasteiger partial charge in [-0.2, -0.15) is 0 Å². The van der Waals surface area contributed by atoms with Gasteiger partial charge in [-0.1, -0.05) is 31.0 Å². The number of nitrogens with one attached hydrogen (secondary N) is 1. The highest BCUT2D eigenvalue weighted by Gasteiger charge is 2.13. The highest BCUT2D eigenvalue weighted by atomic mass is 35.5. The molecule has 24 heavy (non-hydrogen) atoms. The van der Waals surface area contributed by atoms with Gasteiger partial charge in [-0.3, -0.25) is 4.79 Å². The van der Waals surface area contributed by atoms with E-state index in [9.17, 15) is 4.79 Å². The number of rotatable bonds is 6. The van der Waals surface area contributed by atoms with E-state index in [1.807, 2.05) is 31.2 Å². The summed E-state index contributed by atoms with van der Waals surface area (Å²) in [5.74, 6) is 1.04. The summed E-state index contributed by atoms with van der Waals surface area (Å²) in [4.78, 5) is 12.3. The Balaban J connectivity index is 0.00000264. The molecule has 0 saturated carbocycles. The van der Waals surface area contributed by atoms with Crippen molar-refractivity contribution in [3.63, 3.8) is 0 Å².